The maximum atomic E-state index is 8.25. The minimum Gasteiger partial charge on any atom is -0.412 e. The van der Waals surface area contributed by atoms with E-state index < -0.39 is 5.09 Å². The van der Waals surface area contributed by atoms with Gasteiger partial charge in [-0.3, -0.25) is 0 Å². The van der Waals surface area contributed by atoms with Crippen molar-refractivity contribution in [2.45, 2.75) is 0 Å². The second kappa shape index (κ2) is 27.1. The molecule has 0 heterocycles. The summed E-state index contributed by atoms with van der Waals surface area (Å²) in [5, 5.41) is 14.8. The van der Waals surface area contributed by atoms with Gasteiger partial charge < -0.3 is 31.8 Å². The van der Waals surface area contributed by atoms with Gasteiger partial charge in [0.25, 0.3) is 0 Å². The third kappa shape index (κ3) is 4910. The van der Waals surface area contributed by atoms with Crippen molar-refractivity contribution >= 4 is 0 Å². The Bertz CT molecular complexity index is 31.5. The average molecular weight is 205 g/mol. The fourth-order valence-electron chi connectivity index (χ4n) is 0. The van der Waals surface area contributed by atoms with Crippen molar-refractivity contribution in [3.05, 3.63) is 15.3 Å². The molecule has 7 nitrogen and oxygen atoms in total. The fourth-order valence-corrected chi connectivity index (χ4v) is 0. The summed E-state index contributed by atoms with van der Waals surface area (Å²) in [7, 11) is 0. The average Bonchev–Trinajstić information content (AvgIpc) is 0.811. The SMILES string of the molecule is O.O.O.O=[N+]([O-])[O-].[Y+3]. The molecule has 0 amide bonds. The van der Waals surface area contributed by atoms with Crippen LogP contribution in [0.2, 0.25) is 0 Å². The molecule has 0 saturated carbocycles. The molecule has 0 aromatic rings. The van der Waals surface area contributed by atoms with Gasteiger partial charge in [-0.1, -0.05) is 0 Å². The molecule has 8 heteroatoms. The predicted molar refractivity (Wildman–Crippen MR) is 21.2 cm³/mol. The van der Waals surface area contributed by atoms with Gasteiger partial charge in [-0.25, -0.2) is 0 Å². The Morgan fingerprint density at radius 3 is 1.00 bits per heavy atom. The van der Waals surface area contributed by atoms with Crippen LogP contribution in [0, 0.1) is 15.3 Å². The Kier molecular flexibility index (Phi) is 141. The Balaban J connectivity index is -0.00000000750. The first kappa shape index (κ1) is 41.7. The van der Waals surface area contributed by atoms with E-state index in [4.69, 9.17) is 15.3 Å². The zero-order valence-electron chi connectivity index (χ0n) is 3.75. The predicted octanol–water partition coefficient (Wildman–Crippen LogP) is -2.72. The number of hydrogen-bond donors (Lipinski definition) is 0. The molecule has 0 spiro atoms. The molecule has 48 valence electrons. The molecule has 0 saturated heterocycles. The van der Waals surface area contributed by atoms with Crippen molar-refractivity contribution in [3.63, 3.8) is 0 Å². The molecule has 0 unspecified atom stereocenters. The van der Waals surface area contributed by atoms with E-state index in [1.54, 1.807) is 0 Å². The van der Waals surface area contributed by atoms with E-state index in [0.29, 0.717) is 0 Å². The second-order valence-electron chi connectivity index (χ2n) is 0.224. The summed E-state index contributed by atoms with van der Waals surface area (Å²) in [4.78, 5) is 8.25. The minimum absolute atomic E-state index is 0. The smallest absolute Gasteiger partial charge is 0.412 e. The van der Waals surface area contributed by atoms with Crippen LogP contribution in [0.3, 0.4) is 0 Å². The van der Waals surface area contributed by atoms with Crippen LogP contribution in [0.1, 0.15) is 0 Å². The van der Waals surface area contributed by atoms with Crippen LogP contribution in [0.5, 0.6) is 0 Å². The molecule has 0 radical (unpaired) electrons. The van der Waals surface area contributed by atoms with Crippen molar-refractivity contribution in [2.24, 2.45) is 0 Å². The van der Waals surface area contributed by atoms with Crippen LogP contribution >= 0.6 is 0 Å². The Morgan fingerprint density at radius 1 is 1.00 bits per heavy atom. The van der Waals surface area contributed by atoms with Crippen molar-refractivity contribution in [2.75, 3.05) is 0 Å². The summed E-state index contributed by atoms with van der Waals surface area (Å²) in [5.41, 5.74) is 0. The van der Waals surface area contributed by atoms with Crippen LogP contribution in [-0.4, -0.2) is 21.5 Å². The Labute approximate surface area is 69.6 Å². The maximum absolute atomic E-state index is 8.25. The van der Waals surface area contributed by atoms with E-state index in [2.05, 4.69) is 0 Å². The molecule has 0 aromatic carbocycles. The largest absolute Gasteiger partial charge is 3.00 e. The normalized spacial score (nSPS) is 3.00. The van der Waals surface area contributed by atoms with Crippen molar-refractivity contribution in [3.8, 4) is 0 Å². The van der Waals surface area contributed by atoms with Gasteiger partial charge in [0.05, 0.1) is 5.09 Å². The van der Waals surface area contributed by atoms with Gasteiger partial charge in [0, 0.05) is 0 Å². The molecule has 8 heavy (non-hydrogen) atoms. The molecule has 0 bridgehead atoms. The monoisotopic (exact) mass is 205 g/mol. The number of hydrogen-bond acceptors (Lipinski definition) is 3. The summed E-state index contributed by atoms with van der Waals surface area (Å²) in [6.07, 6.45) is 0. The summed E-state index contributed by atoms with van der Waals surface area (Å²) in [6.45, 7) is 0. The molecule has 0 atom stereocenters. The van der Waals surface area contributed by atoms with E-state index in [9.17, 15) is 0 Å². The quantitative estimate of drug-likeness (QED) is 0.310. The van der Waals surface area contributed by atoms with Gasteiger partial charge in [-0.15, -0.1) is 0 Å². The molecule has 6 N–H and O–H groups in total. The van der Waals surface area contributed by atoms with Crippen molar-refractivity contribution < 1.29 is 54.2 Å². The van der Waals surface area contributed by atoms with Gasteiger partial charge in [0.15, 0.2) is 0 Å². The van der Waals surface area contributed by atoms with Crippen LogP contribution in [0.25, 0.3) is 0 Å². The van der Waals surface area contributed by atoms with Crippen molar-refractivity contribution in [1.82, 2.24) is 0 Å². The molecule has 0 aliphatic rings. The van der Waals surface area contributed by atoms with Crippen LogP contribution in [-0.2, 0) is 32.7 Å². The van der Waals surface area contributed by atoms with Crippen molar-refractivity contribution in [1.29, 1.82) is 0 Å². The Morgan fingerprint density at radius 2 is 1.00 bits per heavy atom. The van der Waals surface area contributed by atoms with Crippen LogP contribution in [0.15, 0.2) is 0 Å². The Hall–Kier alpha value is 0.184. The maximum Gasteiger partial charge on any atom is 3.00 e. The first-order chi connectivity index (χ1) is 1.73. The molecular formula is H6NO6Y+2. The molecule has 0 aliphatic heterocycles. The number of nitrogens with zero attached hydrogens (tertiary/aromatic N) is 1. The van der Waals surface area contributed by atoms with E-state index in [1.165, 1.54) is 0 Å². The van der Waals surface area contributed by atoms with Crippen LogP contribution in [0.4, 0.5) is 0 Å². The summed E-state index contributed by atoms with van der Waals surface area (Å²) in [6, 6.07) is 0. The summed E-state index contributed by atoms with van der Waals surface area (Å²) < 4.78 is 0. The topological polar surface area (TPSA) is 161 Å². The fraction of sp³-hybridized carbons (Fsp3) is 0. The standard InChI is InChI=1S/NO3.3H2O.Y/c2-1(3)4;;;;/h;3*1H2;/q-1;;;;+3. The third-order valence-electron chi connectivity index (χ3n) is 0. The zero-order valence-corrected chi connectivity index (χ0v) is 6.59. The molecule has 0 aliphatic carbocycles. The molecule has 0 aromatic heterocycles. The molecule has 0 rings (SSSR count). The summed E-state index contributed by atoms with van der Waals surface area (Å²) in [5.74, 6) is 0. The van der Waals surface area contributed by atoms with Gasteiger partial charge in [-0.05, 0) is 0 Å². The van der Waals surface area contributed by atoms with E-state index in [-0.39, 0.29) is 49.1 Å². The number of rotatable bonds is 0. The molecule has 0 fully saturated rings. The van der Waals surface area contributed by atoms with Gasteiger partial charge in [-0.2, -0.15) is 0 Å². The van der Waals surface area contributed by atoms with E-state index >= 15 is 0 Å². The summed E-state index contributed by atoms with van der Waals surface area (Å²) >= 11 is 0. The minimum atomic E-state index is -1.75. The van der Waals surface area contributed by atoms with Gasteiger partial charge >= 0.3 is 32.7 Å². The first-order valence-corrected chi connectivity index (χ1v) is 0.548. The van der Waals surface area contributed by atoms with E-state index in [0.717, 1.165) is 0 Å². The zero-order chi connectivity index (χ0) is 3.58. The van der Waals surface area contributed by atoms with Gasteiger partial charge in [0.1, 0.15) is 0 Å². The van der Waals surface area contributed by atoms with Gasteiger partial charge in [0.2, 0.25) is 0 Å². The van der Waals surface area contributed by atoms with Crippen LogP contribution < -0.4 is 0 Å². The third-order valence-corrected chi connectivity index (χ3v) is 0. The first-order valence-electron chi connectivity index (χ1n) is 0.548. The second-order valence-corrected chi connectivity index (χ2v) is 0.224. The van der Waals surface area contributed by atoms with E-state index in [1.807, 2.05) is 0 Å². The molecular weight excluding hydrogens is 199 g/mol.